The highest BCUT2D eigenvalue weighted by Gasteiger charge is 2.47. The van der Waals surface area contributed by atoms with Gasteiger partial charge < -0.3 is 14.2 Å². The van der Waals surface area contributed by atoms with E-state index in [0.717, 1.165) is 0 Å². The fourth-order valence-corrected chi connectivity index (χ4v) is 2.17. The predicted molar refractivity (Wildman–Crippen MR) is 60.0 cm³/mol. The summed E-state index contributed by atoms with van der Waals surface area (Å²) in [6.07, 6.45) is -1.40. The molecular weight excluding hydrogens is 224 g/mol. The van der Waals surface area contributed by atoms with Crippen molar-refractivity contribution in [2.24, 2.45) is 11.8 Å². The molecule has 0 amide bonds. The van der Waals surface area contributed by atoms with E-state index in [0.29, 0.717) is 0 Å². The summed E-state index contributed by atoms with van der Waals surface area (Å²) >= 11 is 0. The Morgan fingerprint density at radius 1 is 1.12 bits per heavy atom. The molecule has 5 nitrogen and oxygen atoms in total. The van der Waals surface area contributed by atoms with Gasteiger partial charge in [0.2, 0.25) is 6.29 Å². The minimum absolute atomic E-state index is 0.00301. The molecular formula is C12H20O5. The minimum Gasteiger partial charge on any atom is -0.455 e. The summed E-state index contributed by atoms with van der Waals surface area (Å²) in [7, 11) is 0. The first-order valence-corrected chi connectivity index (χ1v) is 5.82. The minimum atomic E-state index is -0.793. The van der Waals surface area contributed by atoms with Gasteiger partial charge in [-0.25, -0.2) is 0 Å². The second-order valence-corrected chi connectivity index (χ2v) is 4.76. The zero-order valence-corrected chi connectivity index (χ0v) is 10.9. The molecule has 0 aromatic carbocycles. The van der Waals surface area contributed by atoms with Crippen LogP contribution in [0.25, 0.3) is 0 Å². The van der Waals surface area contributed by atoms with E-state index in [1.54, 1.807) is 0 Å². The number of hydrogen-bond acceptors (Lipinski definition) is 5. The molecule has 0 aromatic heterocycles. The third-order valence-electron chi connectivity index (χ3n) is 2.84. The Balaban J connectivity index is 2.79. The molecule has 17 heavy (non-hydrogen) atoms. The zero-order chi connectivity index (χ0) is 13.2. The molecule has 1 heterocycles. The SMILES string of the molecule is CC(=O)OC1O[C@H](C(C)C)C(C)[C@@H]1OC(C)=O. The molecule has 98 valence electrons. The summed E-state index contributed by atoms with van der Waals surface area (Å²) in [5.41, 5.74) is 0. The van der Waals surface area contributed by atoms with Crippen molar-refractivity contribution in [2.75, 3.05) is 0 Å². The summed E-state index contributed by atoms with van der Waals surface area (Å²) in [6.45, 7) is 8.61. The molecule has 0 aliphatic carbocycles. The van der Waals surface area contributed by atoms with Crippen LogP contribution in [0.15, 0.2) is 0 Å². The number of carbonyl (C=O) groups excluding carboxylic acids is 2. The fourth-order valence-electron chi connectivity index (χ4n) is 2.17. The van der Waals surface area contributed by atoms with Gasteiger partial charge in [-0.1, -0.05) is 20.8 Å². The van der Waals surface area contributed by atoms with E-state index >= 15 is 0 Å². The molecule has 0 spiro atoms. The van der Waals surface area contributed by atoms with Gasteiger partial charge >= 0.3 is 11.9 Å². The van der Waals surface area contributed by atoms with Crippen molar-refractivity contribution in [3.63, 3.8) is 0 Å². The first-order chi connectivity index (χ1) is 7.82. The van der Waals surface area contributed by atoms with Crippen molar-refractivity contribution in [1.29, 1.82) is 0 Å². The lowest BCUT2D eigenvalue weighted by atomic mass is 9.93. The molecule has 0 aromatic rings. The molecule has 1 fully saturated rings. The molecule has 4 atom stereocenters. The van der Waals surface area contributed by atoms with Crippen LogP contribution in [0.3, 0.4) is 0 Å². The molecule has 0 bridgehead atoms. The lowest BCUT2D eigenvalue weighted by molar-refractivity contribution is -0.196. The Bertz CT molecular complexity index is 299. The smallest absolute Gasteiger partial charge is 0.305 e. The molecule has 5 heteroatoms. The number of ether oxygens (including phenoxy) is 3. The summed E-state index contributed by atoms with van der Waals surface area (Å²) in [5, 5.41) is 0. The quantitative estimate of drug-likeness (QED) is 0.704. The van der Waals surface area contributed by atoms with E-state index in [1.165, 1.54) is 13.8 Å². The highest BCUT2D eigenvalue weighted by molar-refractivity contribution is 5.67. The van der Waals surface area contributed by atoms with Crippen LogP contribution in [-0.2, 0) is 23.8 Å². The number of hydrogen-bond donors (Lipinski definition) is 0. The van der Waals surface area contributed by atoms with Crippen LogP contribution in [0, 0.1) is 11.8 Å². The fraction of sp³-hybridized carbons (Fsp3) is 0.833. The van der Waals surface area contributed by atoms with Crippen molar-refractivity contribution in [2.45, 2.75) is 53.1 Å². The number of rotatable bonds is 3. The highest BCUT2D eigenvalue weighted by Crippen LogP contribution is 2.34. The van der Waals surface area contributed by atoms with Crippen molar-refractivity contribution in [3.8, 4) is 0 Å². The molecule has 0 radical (unpaired) electrons. The van der Waals surface area contributed by atoms with Crippen LogP contribution in [-0.4, -0.2) is 30.4 Å². The lowest BCUT2D eigenvalue weighted by Crippen LogP contribution is -2.34. The Morgan fingerprint density at radius 3 is 2.06 bits per heavy atom. The van der Waals surface area contributed by atoms with Crippen LogP contribution < -0.4 is 0 Å². The van der Waals surface area contributed by atoms with Crippen molar-refractivity contribution in [1.82, 2.24) is 0 Å². The third kappa shape index (κ3) is 3.43. The first kappa shape index (κ1) is 14.0. The maximum Gasteiger partial charge on any atom is 0.305 e. The number of carbonyl (C=O) groups is 2. The topological polar surface area (TPSA) is 61.8 Å². The Hall–Kier alpha value is -1.10. The Labute approximate surface area is 101 Å². The monoisotopic (exact) mass is 244 g/mol. The predicted octanol–water partition coefficient (Wildman–Crippen LogP) is 1.50. The second-order valence-electron chi connectivity index (χ2n) is 4.76. The van der Waals surface area contributed by atoms with Gasteiger partial charge in [-0.15, -0.1) is 0 Å². The molecule has 1 aliphatic rings. The van der Waals surface area contributed by atoms with Crippen LogP contribution in [0.1, 0.15) is 34.6 Å². The van der Waals surface area contributed by atoms with E-state index in [9.17, 15) is 9.59 Å². The van der Waals surface area contributed by atoms with Gasteiger partial charge in [0.1, 0.15) is 0 Å². The van der Waals surface area contributed by atoms with Crippen LogP contribution in [0.2, 0.25) is 0 Å². The Morgan fingerprint density at radius 2 is 1.65 bits per heavy atom. The van der Waals surface area contributed by atoms with Crippen molar-refractivity contribution in [3.05, 3.63) is 0 Å². The summed E-state index contributed by atoms with van der Waals surface area (Å²) in [4.78, 5) is 22.0. The van der Waals surface area contributed by atoms with Crippen LogP contribution >= 0.6 is 0 Å². The standard InChI is InChI=1S/C12H20O5/c1-6(2)10-7(3)11(15-8(4)13)12(17-10)16-9(5)14/h6-7,10-12H,1-5H3/t7?,10-,11+,12?/m1/s1. The maximum atomic E-state index is 11.0. The van der Waals surface area contributed by atoms with Gasteiger partial charge in [-0.2, -0.15) is 0 Å². The van der Waals surface area contributed by atoms with Gasteiger partial charge in [0.15, 0.2) is 6.10 Å². The van der Waals surface area contributed by atoms with E-state index in [-0.39, 0.29) is 17.9 Å². The molecule has 0 N–H and O–H groups in total. The van der Waals surface area contributed by atoms with Gasteiger partial charge in [0.25, 0.3) is 0 Å². The van der Waals surface area contributed by atoms with E-state index in [2.05, 4.69) is 0 Å². The average Bonchev–Trinajstić information content (AvgIpc) is 2.44. The lowest BCUT2D eigenvalue weighted by Gasteiger charge is -2.20. The molecule has 0 saturated carbocycles. The maximum absolute atomic E-state index is 11.0. The van der Waals surface area contributed by atoms with Gasteiger partial charge in [-0.3, -0.25) is 9.59 Å². The molecule has 1 rings (SSSR count). The molecule has 1 aliphatic heterocycles. The van der Waals surface area contributed by atoms with E-state index < -0.39 is 24.3 Å². The molecule has 1 saturated heterocycles. The first-order valence-electron chi connectivity index (χ1n) is 5.82. The second kappa shape index (κ2) is 5.49. The number of esters is 2. The van der Waals surface area contributed by atoms with Crippen LogP contribution in [0.4, 0.5) is 0 Å². The van der Waals surface area contributed by atoms with E-state index in [1.807, 2.05) is 20.8 Å². The molecule has 2 unspecified atom stereocenters. The summed E-state index contributed by atoms with van der Waals surface area (Å²) < 4.78 is 15.9. The summed E-state index contributed by atoms with van der Waals surface area (Å²) in [5.74, 6) is -0.567. The third-order valence-corrected chi connectivity index (χ3v) is 2.84. The zero-order valence-electron chi connectivity index (χ0n) is 10.9. The average molecular weight is 244 g/mol. The van der Waals surface area contributed by atoms with Crippen molar-refractivity contribution >= 4 is 11.9 Å². The Kier molecular flexibility index (Phi) is 4.51. The van der Waals surface area contributed by atoms with Gasteiger partial charge in [-0.05, 0) is 5.92 Å². The van der Waals surface area contributed by atoms with Crippen molar-refractivity contribution < 1.29 is 23.8 Å². The normalized spacial score (nSPS) is 32.6. The van der Waals surface area contributed by atoms with E-state index in [4.69, 9.17) is 14.2 Å². The van der Waals surface area contributed by atoms with Crippen LogP contribution in [0.5, 0.6) is 0 Å². The van der Waals surface area contributed by atoms with Gasteiger partial charge in [0.05, 0.1) is 6.10 Å². The summed E-state index contributed by atoms with van der Waals surface area (Å²) in [6, 6.07) is 0. The largest absolute Gasteiger partial charge is 0.455 e. The van der Waals surface area contributed by atoms with Gasteiger partial charge in [0, 0.05) is 19.8 Å². The highest BCUT2D eigenvalue weighted by atomic mass is 16.7.